The van der Waals surface area contributed by atoms with Gasteiger partial charge in [0.15, 0.2) is 9.84 Å². The second kappa shape index (κ2) is 7.47. The van der Waals surface area contributed by atoms with Crippen LogP contribution >= 0.6 is 0 Å². The fourth-order valence-electron chi connectivity index (χ4n) is 3.54. The first-order chi connectivity index (χ1) is 15.1. The summed E-state index contributed by atoms with van der Waals surface area (Å²) in [4.78, 5) is 28.2. The van der Waals surface area contributed by atoms with E-state index in [9.17, 15) is 28.6 Å². The predicted octanol–water partition coefficient (Wildman–Crippen LogP) is 3.73. The fourth-order valence-corrected chi connectivity index (χ4v) is 4.17. The first-order valence-electron chi connectivity index (χ1n) is 9.34. The molecule has 2 aromatic carbocycles. The van der Waals surface area contributed by atoms with Crippen LogP contribution in [0.4, 0.5) is 17.1 Å². The fraction of sp³-hybridized carbons (Fsp3) is 0.0909. The van der Waals surface area contributed by atoms with Gasteiger partial charge in [-0.1, -0.05) is 0 Å². The Morgan fingerprint density at radius 2 is 1.88 bits per heavy atom. The number of amides is 1. The smallest absolute Gasteiger partial charge is 0.287 e. The Bertz CT molecular complexity index is 1460. The lowest BCUT2D eigenvalue weighted by molar-refractivity contribution is -0.384. The number of nitrogens with one attached hydrogen (secondary N) is 1. The number of sulfone groups is 1. The Morgan fingerprint density at radius 3 is 2.44 bits per heavy atom. The standard InChI is InChI=1S/C22H16N4O5S/c1-13-7-21-19(8-14(13)11-23)20(10-15-9-17(12-24-15)26(28)29)22(27)25(21)16-3-5-18(6-4-16)32(2,30)31/h3-10,12,24H,1-2H3/b20-10-. The minimum Gasteiger partial charge on any atom is -0.356 e. The number of carbonyl (C=O) groups excluding carboxylic acids is 1. The monoisotopic (exact) mass is 448 g/mol. The van der Waals surface area contributed by atoms with Crippen LogP contribution < -0.4 is 4.90 Å². The lowest BCUT2D eigenvalue weighted by Crippen LogP contribution is -2.20. The van der Waals surface area contributed by atoms with Gasteiger partial charge in [0.2, 0.25) is 0 Å². The molecule has 1 N–H and O–H groups in total. The highest BCUT2D eigenvalue weighted by atomic mass is 32.2. The van der Waals surface area contributed by atoms with E-state index in [2.05, 4.69) is 11.1 Å². The molecule has 0 radical (unpaired) electrons. The van der Waals surface area contributed by atoms with Crippen LogP contribution in [0.1, 0.15) is 22.4 Å². The zero-order valence-corrected chi connectivity index (χ0v) is 17.8. The number of benzene rings is 2. The number of H-pyrrole nitrogens is 1. The molecule has 10 heteroatoms. The zero-order chi connectivity index (χ0) is 23.2. The van der Waals surface area contributed by atoms with Gasteiger partial charge in [-0.25, -0.2) is 8.42 Å². The molecule has 1 aliphatic rings. The summed E-state index contributed by atoms with van der Waals surface area (Å²) in [5.74, 6) is -0.404. The van der Waals surface area contributed by atoms with Crippen molar-refractivity contribution in [3.05, 3.63) is 81.2 Å². The second-order valence-electron chi connectivity index (χ2n) is 7.33. The van der Waals surface area contributed by atoms with Gasteiger partial charge in [-0.15, -0.1) is 0 Å². The number of anilines is 2. The minimum atomic E-state index is -3.40. The summed E-state index contributed by atoms with van der Waals surface area (Å²) in [6.45, 7) is 1.75. The lowest BCUT2D eigenvalue weighted by atomic mass is 10.00. The normalized spacial score (nSPS) is 14.5. The van der Waals surface area contributed by atoms with Crippen molar-refractivity contribution >= 4 is 44.5 Å². The maximum atomic E-state index is 13.4. The number of hydrogen-bond acceptors (Lipinski definition) is 6. The molecule has 0 fully saturated rings. The third kappa shape index (κ3) is 3.55. The predicted molar refractivity (Wildman–Crippen MR) is 118 cm³/mol. The van der Waals surface area contributed by atoms with Crippen molar-refractivity contribution in [1.82, 2.24) is 4.98 Å². The number of nitrogens with zero attached hydrogens (tertiary/aromatic N) is 3. The van der Waals surface area contributed by atoms with Gasteiger partial charge in [0.25, 0.3) is 11.6 Å². The first-order valence-corrected chi connectivity index (χ1v) is 11.2. The molecule has 1 amide bonds. The quantitative estimate of drug-likeness (QED) is 0.367. The second-order valence-corrected chi connectivity index (χ2v) is 9.35. The summed E-state index contributed by atoms with van der Waals surface area (Å²) in [5, 5.41) is 20.4. The maximum Gasteiger partial charge on any atom is 0.287 e. The van der Waals surface area contributed by atoms with Crippen LogP contribution in [0.15, 0.2) is 53.6 Å². The maximum absolute atomic E-state index is 13.4. The molecule has 0 atom stereocenters. The summed E-state index contributed by atoms with van der Waals surface area (Å²) in [6.07, 6.45) is 3.82. The van der Waals surface area contributed by atoms with E-state index in [1.165, 1.54) is 47.5 Å². The number of nitriles is 1. The molecule has 0 bridgehead atoms. The molecule has 4 rings (SSSR count). The number of rotatable bonds is 4. The number of aromatic amines is 1. The molecule has 0 saturated carbocycles. The summed E-state index contributed by atoms with van der Waals surface area (Å²) in [6, 6.07) is 12.6. The topological polar surface area (TPSA) is 137 Å². The van der Waals surface area contributed by atoms with Crippen molar-refractivity contribution in [2.75, 3.05) is 11.2 Å². The highest BCUT2D eigenvalue weighted by Crippen LogP contribution is 2.43. The summed E-state index contributed by atoms with van der Waals surface area (Å²) < 4.78 is 23.6. The van der Waals surface area contributed by atoms with E-state index in [0.717, 1.165) is 6.26 Å². The summed E-state index contributed by atoms with van der Waals surface area (Å²) in [7, 11) is -3.40. The van der Waals surface area contributed by atoms with E-state index >= 15 is 0 Å². The molecule has 2 heterocycles. The van der Waals surface area contributed by atoms with Crippen LogP contribution in [0.3, 0.4) is 0 Å². The lowest BCUT2D eigenvalue weighted by Gasteiger charge is -2.18. The van der Waals surface area contributed by atoms with Crippen LogP contribution in [-0.2, 0) is 14.6 Å². The number of aromatic nitrogens is 1. The Hall–Kier alpha value is -4.23. The van der Waals surface area contributed by atoms with Gasteiger partial charge in [-0.05, 0) is 55.0 Å². The molecule has 32 heavy (non-hydrogen) atoms. The SMILES string of the molecule is Cc1cc2c(cc1C#N)/C(=C/c1cc([N+](=O)[O-])c[nH]1)C(=O)N2c1ccc(S(C)(=O)=O)cc1. The number of carbonyl (C=O) groups is 1. The zero-order valence-electron chi connectivity index (χ0n) is 17.0. The molecule has 9 nitrogen and oxygen atoms in total. The van der Waals surface area contributed by atoms with E-state index < -0.39 is 20.7 Å². The average Bonchev–Trinajstić information content (AvgIpc) is 3.30. The average molecular weight is 448 g/mol. The molecule has 160 valence electrons. The van der Waals surface area contributed by atoms with Gasteiger partial charge < -0.3 is 4.98 Å². The molecular formula is C22H16N4O5S. The van der Waals surface area contributed by atoms with E-state index in [4.69, 9.17) is 0 Å². The van der Waals surface area contributed by atoms with Gasteiger partial charge >= 0.3 is 0 Å². The molecule has 1 aromatic heterocycles. The van der Waals surface area contributed by atoms with Crippen LogP contribution in [-0.4, -0.2) is 30.5 Å². The Labute approximate surface area is 183 Å². The third-order valence-electron chi connectivity index (χ3n) is 5.15. The largest absolute Gasteiger partial charge is 0.356 e. The first kappa shape index (κ1) is 21.0. The van der Waals surface area contributed by atoms with E-state index in [1.54, 1.807) is 19.1 Å². The molecule has 0 saturated heterocycles. The van der Waals surface area contributed by atoms with E-state index in [0.29, 0.717) is 33.8 Å². The Kier molecular flexibility index (Phi) is 4.91. The Morgan fingerprint density at radius 1 is 1.19 bits per heavy atom. The van der Waals surface area contributed by atoms with Crippen LogP contribution in [0.2, 0.25) is 0 Å². The van der Waals surface area contributed by atoms with Crippen LogP contribution in [0, 0.1) is 28.4 Å². The summed E-state index contributed by atoms with van der Waals surface area (Å²) in [5.41, 5.74) is 3.03. The highest BCUT2D eigenvalue weighted by molar-refractivity contribution is 7.90. The van der Waals surface area contributed by atoms with Crippen molar-refractivity contribution in [2.24, 2.45) is 0 Å². The van der Waals surface area contributed by atoms with Gasteiger partial charge in [-0.2, -0.15) is 5.26 Å². The van der Waals surface area contributed by atoms with Crippen molar-refractivity contribution < 1.29 is 18.1 Å². The van der Waals surface area contributed by atoms with E-state index in [1.807, 2.05) is 0 Å². The third-order valence-corrected chi connectivity index (χ3v) is 6.28. The molecule has 0 unspecified atom stereocenters. The van der Waals surface area contributed by atoms with Gasteiger partial charge in [0.1, 0.15) is 0 Å². The number of fused-ring (bicyclic) bond motifs is 1. The van der Waals surface area contributed by atoms with Crippen LogP contribution in [0.25, 0.3) is 11.6 Å². The van der Waals surface area contributed by atoms with E-state index in [-0.39, 0.29) is 16.2 Å². The number of nitro groups is 1. The number of hydrogen-bond donors (Lipinski definition) is 1. The molecule has 0 aliphatic carbocycles. The molecule has 1 aliphatic heterocycles. The molecule has 3 aromatic rings. The molecular weight excluding hydrogens is 432 g/mol. The molecule has 0 spiro atoms. The van der Waals surface area contributed by atoms with Crippen molar-refractivity contribution in [3.63, 3.8) is 0 Å². The van der Waals surface area contributed by atoms with Crippen molar-refractivity contribution in [2.45, 2.75) is 11.8 Å². The van der Waals surface area contributed by atoms with Gasteiger partial charge in [0, 0.05) is 29.3 Å². The van der Waals surface area contributed by atoms with Crippen molar-refractivity contribution in [3.8, 4) is 6.07 Å². The van der Waals surface area contributed by atoms with Gasteiger partial charge in [0.05, 0.1) is 38.9 Å². The van der Waals surface area contributed by atoms with Gasteiger partial charge in [-0.3, -0.25) is 19.8 Å². The van der Waals surface area contributed by atoms with Crippen molar-refractivity contribution in [1.29, 1.82) is 5.26 Å². The minimum absolute atomic E-state index is 0.124. The van der Waals surface area contributed by atoms with Crippen LogP contribution in [0.5, 0.6) is 0 Å². The highest BCUT2D eigenvalue weighted by Gasteiger charge is 2.34. The number of aryl methyl sites for hydroxylation is 1. The Balaban J connectivity index is 1.88. The summed E-state index contributed by atoms with van der Waals surface area (Å²) >= 11 is 0.